The van der Waals surface area contributed by atoms with Crippen LogP contribution in [0.2, 0.25) is 10.0 Å². The average Bonchev–Trinajstić information content (AvgIpc) is 3.19. The topological polar surface area (TPSA) is 90.4 Å². The molecule has 0 aliphatic heterocycles. The second-order valence-electron chi connectivity index (χ2n) is 7.00. The molecule has 1 aromatic heterocycles. The molecule has 1 heterocycles. The molecule has 2 N–H and O–H groups in total. The molecule has 0 aliphatic carbocycles. The van der Waals surface area contributed by atoms with Crippen LogP contribution in [0.3, 0.4) is 0 Å². The lowest BCUT2D eigenvalue weighted by Crippen LogP contribution is -2.17. The molecule has 0 atom stereocenters. The fourth-order valence-corrected chi connectivity index (χ4v) is 3.79. The van der Waals surface area contributed by atoms with Gasteiger partial charge in [0.2, 0.25) is 0 Å². The van der Waals surface area contributed by atoms with Crippen LogP contribution in [0.15, 0.2) is 72.0 Å². The van der Waals surface area contributed by atoms with Gasteiger partial charge in [0.25, 0.3) is 5.91 Å². The Hall–Kier alpha value is -3.79. The van der Waals surface area contributed by atoms with Gasteiger partial charge in [0.05, 0.1) is 11.8 Å². The lowest BCUT2D eigenvalue weighted by Gasteiger charge is -2.08. The SMILES string of the molecule is N#Cc1cc(C(=O)NN=Cc2cccc3c2ccn3Cc2ccc(Cl)cc2Cl)ccc1O. The van der Waals surface area contributed by atoms with Crippen molar-refractivity contribution >= 4 is 46.2 Å². The number of halogens is 2. The molecule has 0 fully saturated rings. The number of aromatic hydroxyl groups is 1. The quantitative estimate of drug-likeness (QED) is 0.309. The average molecular weight is 463 g/mol. The highest BCUT2D eigenvalue weighted by Crippen LogP contribution is 2.25. The number of hydrogen-bond acceptors (Lipinski definition) is 4. The Morgan fingerprint density at radius 2 is 2.00 bits per heavy atom. The van der Waals surface area contributed by atoms with Crippen molar-refractivity contribution < 1.29 is 9.90 Å². The number of nitriles is 1. The summed E-state index contributed by atoms with van der Waals surface area (Å²) < 4.78 is 2.07. The smallest absolute Gasteiger partial charge is 0.271 e. The van der Waals surface area contributed by atoms with Crippen molar-refractivity contribution in [2.45, 2.75) is 6.54 Å². The van der Waals surface area contributed by atoms with Crippen molar-refractivity contribution in [1.82, 2.24) is 9.99 Å². The van der Waals surface area contributed by atoms with E-state index < -0.39 is 5.91 Å². The van der Waals surface area contributed by atoms with Crippen molar-refractivity contribution in [3.05, 3.63) is 99.2 Å². The molecule has 6 nitrogen and oxygen atoms in total. The van der Waals surface area contributed by atoms with E-state index in [1.165, 1.54) is 18.2 Å². The molecule has 0 spiro atoms. The van der Waals surface area contributed by atoms with E-state index in [0.29, 0.717) is 16.6 Å². The molecule has 4 aromatic rings. The van der Waals surface area contributed by atoms with E-state index in [9.17, 15) is 9.90 Å². The molecule has 0 radical (unpaired) electrons. The summed E-state index contributed by atoms with van der Waals surface area (Å²) in [5.41, 5.74) is 5.45. The van der Waals surface area contributed by atoms with Gasteiger partial charge in [-0.3, -0.25) is 4.79 Å². The number of phenols is 1. The van der Waals surface area contributed by atoms with E-state index >= 15 is 0 Å². The summed E-state index contributed by atoms with van der Waals surface area (Å²) in [6.07, 6.45) is 3.52. The van der Waals surface area contributed by atoms with E-state index in [-0.39, 0.29) is 16.9 Å². The predicted molar refractivity (Wildman–Crippen MR) is 125 cm³/mol. The van der Waals surface area contributed by atoms with Crippen LogP contribution in [0.1, 0.15) is 27.0 Å². The van der Waals surface area contributed by atoms with Gasteiger partial charge >= 0.3 is 0 Å². The number of nitrogens with one attached hydrogen (secondary N) is 1. The predicted octanol–water partition coefficient (Wildman–Crippen LogP) is 5.34. The highest BCUT2D eigenvalue weighted by Gasteiger charge is 2.10. The first-order valence-corrected chi connectivity index (χ1v) is 10.3. The largest absolute Gasteiger partial charge is 0.507 e. The second-order valence-corrected chi connectivity index (χ2v) is 7.85. The Bertz CT molecular complexity index is 1400. The molecule has 0 bridgehead atoms. The highest BCUT2D eigenvalue weighted by atomic mass is 35.5. The number of carbonyl (C=O) groups is 1. The number of phenolic OH excluding ortho intramolecular Hbond substituents is 1. The van der Waals surface area contributed by atoms with Gasteiger partial charge in [-0.2, -0.15) is 10.4 Å². The first-order valence-electron chi connectivity index (χ1n) is 9.54. The molecule has 32 heavy (non-hydrogen) atoms. The summed E-state index contributed by atoms with van der Waals surface area (Å²) in [4.78, 5) is 12.3. The summed E-state index contributed by atoms with van der Waals surface area (Å²) in [7, 11) is 0. The maximum absolute atomic E-state index is 12.3. The number of hydrogen-bond donors (Lipinski definition) is 2. The summed E-state index contributed by atoms with van der Waals surface area (Å²) >= 11 is 12.3. The van der Waals surface area contributed by atoms with Gasteiger partial charge in [-0.1, -0.05) is 41.4 Å². The standard InChI is InChI=1S/C24H16Cl2N4O2/c25-19-6-4-17(21(26)11-19)14-30-9-8-20-16(2-1-3-22(20)30)13-28-29-24(32)15-5-7-23(31)18(10-15)12-27/h1-11,13,31H,14H2,(H,29,32). The fourth-order valence-electron chi connectivity index (χ4n) is 3.32. The zero-order valence-electron chi connectivity index (χ0n) is 16.6. The van der Waals surface area contributed by atoms with E-state index in [1.54, 1.807) is 12.3 Å². The first-order chi connectivity index (χ1) is 15.5. The van der Waals surface area contributed by atoms with Gasteiger partial charge in [-0.25, -0.2) is 5.43 Å². The van der Waals surface area contributed by atoms with Crippen molar-refractivity contribution in [2.24, 2.45) is 5.10 Å². The third-order valence-electron chi connectivity index (χ3n) is 4.95. The Kier molecular flexibility index (Phi) is 6.13. The van der Waals surface area contributed by atoms with Crippen molar-refractivity contribution in [3.8, 4) is 11.8 Å². The summed E-state index contributed by atoms with van der Waals surface area (Å²) in [5.74, 6) is -0.663. The monoisotopic (exact) mass is 462 g/mol. The minimum atomic E-state index is -0.486. The Morgan fingerprint density at radius 3 is 2.78 bits per heavy atom. The van der Waals surface area contributed by atoms with Crippen LogP contribution in [0, 0.1) is 11.3 Å². The molecular formula is C24H16Cl2N4O2. The van der Waals surface area contributed by atoms with Crippen molar-refractivity contribution in [3.63, 3.8) is 0 Å². The summed E-state index contributed by atoms with van der Waals surface area (Å²) in [6.45, 7) is 0.582. The summed E-state index contributed by atoms with van der Waals surface area (Å²) in [6, 6.07) is 19.1. The second kappa shape index (κ2) is 9.15. The number of amides is 1. The first kappa shape index (κ1) is 21.4. The van der Waals surface area contributed by atoms with Crippen LogP contribution in [0.25, 0.3) is 10.9 Å². The number of nitrogens with zero attached hydrogens (tertiary/aromatic N) is 3. The molecule has 0 saturated carbocycles. The van der Waals surface area contributed by atoms with E-state index in [2.05, 4.69) is 15.1 Å². The Labute approximate surface area is 193 Å². The molecule has 0 unspecified atom stereocenters. The van der Waals surface area contributed by atoms with Crippen LogP contribution in [-0.2, 0) is 6.54 Å². The fraction of sp³-hybridized carbons (Fsp3) is 0.0417. The molecule has 0 aliphatic rings. The van der Waals surface area contributed by atoms with Crippen molar-refractivity contribution in [1.29, 1.82) is 5.26 Å². The van der Waals surface area contributed by atoms with Gasteiger partial charge in [0, 0.05) is 44.8 Å². The highest BCUT2D eigenvalue weighted by molar-refractivity contribution is 6.35. The van der Waals surface area contributed by atoms with Gasteiger partial charge in [0.1, 0.15) is 11.8 Å². The van der Waals surface area contributed by atoms with E-state index in [4.69, 9.17) is 28.5 Å². The van der Waals surface area contributed by atoms with Gasteiger partial charge < -0.3 is 9.67 Å². The third-order valence-corrected chi connectivity index (χ3v) is 5.54. The van der Waals surface area contributed by atoms with Crippen molar-refractivity contribution in [2.75, 3.05) is 0 Å². The zero-order chi connectivity index (χ0) is 22.7. The maximum atomic E-state index is 12.3. The molecule has 0 saturated heterocycles. The molecule has 8 heteroatoms. The van der Waals surface area contributed by atoms with E-state index in [1.807, 2.05) is 48.7 Å². The number of carbonyl (C=O) groups excluding carboxylic acids is 1. The number of aromatic nitrogens is 1. The molecule has 4 rings (SSSR count). The number of fused-ring (bicyclic) bond motifs is 1. The number of benzene rings is 3. The van der Waals surface area contributed by atoms with Crippen LogP contribution in [0.5, 0.6) is 5.75 Å². The normalized spacial score (nSPS) is 11.0. The molecule has 3 aromatic carbocycles. The lowest BCUT2D eigenvalue weighted by molar-refractivity contribution is 0.0955. The number of rotatable bonds is 5. The Balaban J connectivity index is 1.53. The van der Waals surface area contributed by atoms with Crippen LogP contribution < -0.4 is 5.43 Å². The minimum Gasteiger partial charge on any atom is -0.507 e. The zero-order valence-corrected chi connectivity index (χ0v) is 18.1. The van der Waals surface area contributed by atoms with Gasteiger partial charge in [-0.05, 0) is 48.0 Å². The van der Waals surface area contributed by atoms with Crippen LogP contribution >= 0.6 is 23.2 Å². The molecule has 1 amide bonds. The van der Waals surface area contributed by atoms with Gasteiger partial charge in [-0.15, -0.1) is 0 Å². The lowest BCUT2D eigenvalue weighted by atomic mass is 10.1. The third kappa shape index (κ3) is 4.45. The van der Waals surface area contributed by atoms with Crippen LogP contribution in [0.4, 0.5) is 0 Å². The number of hydrazone groups is 1. The maximum Gasteiger partial charge on any atom is 0.271 e. The van der Waals surface area contributed by atoms with Gasteiger partial charge in [0.15, 0.2) is 0 Å². The molecular weight excluding hydrogens is 447 g/mol. The minimum absolute atomic E-state index is 0.0218. The summed E-state index contributed by atoms with van der Waals surface area (Å²) in [5, 5.41) is 24.8. The Morgan fingerprint density at radius 1 is 1.16 bits per heavy atom. The van der Waals surface area contributed by atoms with Crippen LogP contribution in [-0.4, -0.2) is 21.8 Å². The molecule has 158 valence electrons. The van der Waals surface area contributed by atoms with E-state index in [0.717, 1.165) is 22.0 Å².